The number of aromatic nitrogens is 2. The van der Waals surface area contributed by atoms with E-state index < -0.39 is 0 Å². The summed E-state index contributed by atoms with van der Waals surface area (Å²) >= 11 is 0. The van der Waals surface area contributed by atoms with Crippen molar-refractivity contribution >= 4 is 5.82 Å². The lowest BCUT2D eigenvalue weighted by atomic mass is 10.1. The van der Waals surface area contributed by atoms with E-state index in [9.17, 15) is 0 Å². The highest BCUT2D eigenvalue weighted by atomic mass is 16.5. The summed E-state index contributed by atoms with van der Waals surface area (Å²) < 4.78 is 5.76. The third kappa shape index (κ3) is 4.72. The summed E-state index contributed by atoms with van der Waals surface area (Å²) in [6, 6.07) is 9.43. The molecule has 0 aliphatic rings. The fraction of sp³-hybridized carbons (Fsp3) is 0.375. The van der Waals surface area contributed by atoms with Crippen molar-refractivity contribution in [3.63, 3.8) is 0 Å². The lowest BCUT2D eigenvalue weighted by Gasteiger charge is -2.09. The number of hydrogen-bond acceptors (Lipinski definition) is 5. The molecule has 0 spiro atoms. The lowest BCUT2D eigenvalue weighted by molar-refractivity contribution is 0.299. The van der Waals surface area contributed by atoms with Crippen LogP contribution in [0.15, 0.2) is 30.3 Å². The maximum absolute atomic E-state index is 8.90. The molecule has 0 bridgehead atoms. The van der Waals surface area contributed by atoms with Crippen LogP contribution in [0.2, 0.25) is 0 Å². The van der Waals surface area contributed by atoms with Gasteiger partial charge >= 0.3 is 0 Å². The maximum atomic E-state index is 8.90. The van der Waals surface area contributed by atoms with Crippen LogP contribution in [0.3, 0.4) is 0 Å². The van der Waals surface area contributed by atoms with Crippen LogP contribution in [-0.2, 0) is 6.42 Å². The molecule has 1 aromatic carbocycles. The molecule has 5 nitrogen and oxygen atoms in total. The van der Waals surface area contributed by atoms with Gasteiger partial charge in [-0.1, -0.05) is 19.1 Å². The van der Waals surface area contributed by atoms with E-state index in [1.807, 2.05) is 31.2 Å². The van der Waals surface area contributed by atoms with E-state index in [2.05, 4.69) is 22.2 Å². The van der Waals surface area contributed by atoms with Crippen LogP contribution in [-0.4, -0.2) is 28.2 Å². The smallest absolute Gasteiger partial charge is 0.224 e. The lowest BCUT2D eigenvalue weighted by Crippen LogP contribution is -2.04. The van der Waals surface area contributed by atoms with Crippen molar-refractivity contribution in [3.8, 4) is 11.6 Å². The average molecular weight is 287 g/mol. The fourth-order valence-corrected chi connectivity index (χ4v) is 1.91. The van der Waals surface area contributed by atoms with E-state index in [0.29, 0.717) is 18.1 Å². The standard InChI is InChI=1S/C16H21N3O2/c1-3-9-17-15-11-16(19-12(2)18-15)21-14-6-4-13(5-7-14)8-10-20/h4-7,11,20H,3,8-10H2,1-2H3,(H,17,18,19). The molecule has 0 radical (unpaired) electrons. The Morgan fingerprint density at radius 3 is 2.62 bits per heavy atom. The zero-order valence-corrected chi connectivity index (χ0v) is 12.5. The van der Waals surface area contributed by atoms with Crippen molar-refractivity contribution in [1.82, 2.24) is 9.97 Å². The first kappa shape index (κ1) is 15.3. The predicted octanol–water partition coefficient (Wildman–Crippen LogP) is 2.93. The monoisotopic (exact) mass is 287 g/mol. The van der Waals surface area contributed by atoms with Crippen molar-refractivity contribution in [2.45, 2.75) is 26.7 Å². The largest absolute Gasteiger partial charge is 0.439 e. The van der Waals surface area contributed by atoms with Gasteiger partial charge in [-0.3, -0.25) is 0 Å². The van der Waals surface area contributed by atoms with Gasteiger partial charge in [0.15, 0.2) is 0 Å². The van der Waals surface area contributed by atoms with Crippen molar-refractivity contribution < 1.29 is 9.84 Å². The third-order valence-electron chi connectivity index (χ3n) is 2.92. The summed E-state index contributed by atoms with van der Waals surface area (Å²) in [4.78, 5) is 8.60. The molecule has 1 aromatic heterocycles. The highest BCUT2D eigenvalue weighted by molar-refractivity contribution is 5.40. The Bertz CT molecular complexity index is 570. The second-order valence-electron chi connectivity index (χ2n) is 4.79. The second kappa shape index (κ2) is 7.59. The molecule has 2 rings (SSSR count). The van der Waals surface area contributed by atoms with Crippen molar-refractivity contribution in [2.75, 3.05) is 18.5 Å². The number of aliphatic hydroxyl groups excluding tert-OH is 1. The summed E-state index contributed by atoms with van der Waals surface area (Å²) in [5.74, 6) is 2.69. The molecule has 0 fully saturated rings. The molecule has 0 amide bonds. The van der Waals surface area contributed by atoms with Gasteiger partial charge in [-0.25, -0.2) is 4.98 Å². The van der Waals surface area contributed by atoms with Gasteiger partial charge in [-0.15, -0.1) is 0 Å². The summed E-state index contributed by atoms with van der Waals surface area (Å²) in [5, 5.41) is 12.1. The molecular weight excluding hydrogens is 266 g/mol. The third-order valence-corrected chi connectivity index (χ3v) is 2.92. The van der Waals surface area contributed by atoms with E-state index in [0.717, 1.165) is 30.1 Å². The van der Waals surface area contributed by atoms with E-state index >= 15 is 0 Å². The van der Waals surface area contributed by atoms with Gasteiger partial charge in [0.2, 0.25) is 5.88 Å². The normalized spacial score (nSPS) is 10.4. The van der Waals surface area contributed by atoms with E-state index in [4.69, 9.17) is 9.84 Å². The Balaban J connectivity index is 2.09. The quantitative estimate of drug-likeness (QED) is 0.819. The van der Waals surface area contributed by atoms with Gasteiger partial charge in [0.1, 0.15) is 17.4 Å². The first-order valence-electron chi connectivity index (χ1n) is 7.18. The van der Waals surface area contributed by atoms with Crippen LogP contribution in [0.4, 0.5) is 5.82 Å². The topological polar surface area (TPSA) is 67.3 Å². The molecule has 0 aliphatic heterocycles. The molecular formula is C16H21N3O2. The van der Waals surface area contributed by atoms with Crippen molar-refractivity contribution in [1.29, 1.82) is 0 Å². The molecule has 0 saturated heterocycles. The maximum Gasteiger partial charge on any atom is 0.224 e. The molecule has 1 heterocycles. The van der Waals surface area contributed by atoms with E-state index in [-0.39, 0.29) is 6.61 Å². The van der Waals surface area contributed by atoms with Gasteiger partial charge < -0.3 is 15.2 Å². The van der Waals surface area contributed by atoms with Crippen LogP contribution in [0.1, 0.15) is 24.7 Å². The zero-order valence-electron chi connectivity index (χ0n) is 12.5. The summed E-state index contributed by atoms with van der Waals surface area (Å²) in [6.07, 6.45) is 1.68. The fourth-order valence-electron chi connectivity index (χ4n) is 1.91. The number of rotatable bonds is 7. The van der Waals surface area contributed by atoms with Crippen molar-refractivity contribution in [3.05, 3.63) is 41.7 Å². The summed E-state index contributed by atoms with van der Waals surface area (Å²) in [5.41, 5.74) is 1.08. The number of hydrogen-bond donors (Lipinski definition) is 2. The number of aryl methyl sites for hydroxylation is 1. The minimum absolute atomic E-state index is 0.151. The highest BCUT2D eigenvalue weighted by Crippen LogP contribution is 2.22. The Labute approximate surface area is 125 Å². The molecule has 0 aliphatic carbocycles. The molecule has 21 heavy (non-hydrogen) atoms. The van der Waals surface area contributed by atoms with Crippen LogP contribution < -0.4 is 10.1 Å². The van der Waals surface area contributed by atoms with Crippen LogP contribution >= 0.6 is 0 Å². The minimum atomic E-state index is 0.151. The second-order valence-corrected chi connectivity index (χ2v) is 4.79. The van der Waals surface area contributed by atoms with Gasteiger partial charge in [-0.2, -0.15) is 4.98 Å². The summed E-state index contributed by atoms with van der Waals surface area (Å²) in [7, 11) is 0. The van der Waals surface area contributed by atoms with Crippen LogP contribution in [0, 0.1) is 6.92 Å². The molecule has 2 aromatic rings. The number of nitrogens with zero attached hydrogens (tertiary/aromatic N) is 2. The molecule has 0 saturated carbocycles. The van der Waals surface area contributed by atoms with Gasteiger partial charge in [0.05, 0.1) is 0 Å². The minimum Gasteiger partial charge on any atom is -0.439 e. The predicted molar refractivity (Wildman–Crippen MR) is 82.9 cm³/mol. The first-order chi connectivity index (χ1) is 10.2. The molecule has 0 atom stereocenters. The SMILES string of the molecule is CCCNc1cc(Oc2ccc(CCO)cc2)nc(C)n1. The molecule has 112 valence electrons. The number of nitrogens with one attached hydrogen (secondary N) is 1. The van der Waals surface area contributed by atoms with E-state index in [1.54, 1.807) is 6.07 Å². The van der Waals surface area contributed by atoms with Crippen LogP contribution in [0.5, 0.6) is 11.6 Å². The Hall–Kier alpha value is -2.14. The van der Waals surface area contributed by atoms with Crippen LogP contribution in [0.25, 0.3) is 0 Å². The summed E-state index contributed by atoms with van der Waals surface area (Å²) in [6.45, 7) is 4.96. The van der Waals surface area contributed by atoms with Crippen molar-refractivity contribution in [2.24, 2.45) is 0 Å². The zero-order chi connectivity index (χ0) is 15.1. The van der Waals surface area contributed by atoms with Gasteiger partial charge in [-0.05, 0) is 37.5 Å². The highest BCUT2D eigenvalue weighted by Gasteiger charge is 2.04. The van der Waals surface area contributed by atoms with Gasteiger partial charge in [0, 0.05) is 19.2 Å². The molecule has 5 heteroatoms. The number of benzene rings is 1. The van der Waals surface area contributed by atoms with Gasteiger partial charge in [0.25, 0.3) is 0 Å². The number of ether oxygens (including phenoxy) is 1. The average Bonchev–Trinajstić information content (AvgIpc) is 2.47. The van der Waals surface area contributed by atoms with E-state index in [1.165, 1.54) is 0 Å². The Morgan fingerprint density at radius 1 is 1.19 bits per heavy atom. The Kier molecular flexibility index (Phi) is 5.51. The first-order valence-corrected chi connectivity index (χ1v) is 7.18. The Morgan fingerprint density at radius 2 is 1.95 bits per heavy atom. The number of aliphatic hydroxyl groups is 1. The number of anilines is 1. The molecule has 0 unspecified atom stereocenters. The molecule has 2 N–H and O–H groups in total.